The second-order valence-electron chi connectivity index (χ2n) is 6.95. The van der Waals surface area contributed by atoms with Crippen LogP contribution in [0.3, 0.4) is 0 Å². The van der Waals surface area contributed by atoms with Gasteiger partial charge in [-0.05, 0) is 25.9 Å². The molecule has 28 heavy (non-hydrogen) atoms. The van der Waals surface area contributed by atoms with E-state index >= 15 is 0 Å². The summed E-state index contributed by atoms with van der Waals surface area (Å²) in [6.45, 7) is 9.37. The molecule has 0 aliphatic heterocycles. The monoisotopic (exact) mass is 380 g/mol. The summed E-state index contributed by atoms with van der Waals surface area (Å²) in [6, 6.07) is 16.7. The Hall–Kier alpha value is -2.30. The molecule has 3 aromatic carbocycles. The molecule has 0 spiro atoms. The van der Waals surface area contributed by atoms with Crippen molar-refractivity contribution in [2.75, 3.05) is 39.4 Å². The van der Waals surface area contributed by atoms with E-state index in [9.17, 15) is 0 Å². The first-order valence-corrected chi connectivity index (χ1v) is 10.5. The highest BCUT2D eigenvalue weighted by molar-refractivity contribution is 6.11. The van der Waals surface area contributed by atoms with Crippen LogP contribution in [0.1, 0.15) is 26.7 Å². The average Bonchev–Trinajstić information content (AvgIpc) is 2.74. The molecule has 0 fully saturated rings. The Kier molecular flexibility index (Phi) is 7.94. The van der Waals surface area contributed by atoms with Crippen LogP contribution < -0.4 is 20.1 Å². The Morgan fingerprint density at radius 1 is 0.571 bits per heavy atom. The van der Waals surface area contributed by atoms with Gasteiger partial charge in [-0.25, -0.2) is 0 Å². The fourth-order valence-corrected chi connectivity index (χ4v) is 3.41. The van der Waals surface area contributed by atoms with Crippen LogP contribution in [0.2, 0.25) is 0 Å². The molecule has 0 atom stereocenters. The van der Waals surface area contributed by atoms with Gasteiger partial charge in [0.2, 0.25) is 0 Å². The highest BCUT2D eigenvalue weighted by Crippen LogP contribution is 2.42. The third-order valence-corrected chi connectivity index (χ3v) is 4.74. The molecule has 150 valence electrons. The summed E-state index contributed by atoms with van der Waals surface area (Å²) in [5.41, 5.74) is 0. The molecule has 0 bridgehead atoms. The summed E-state index contributed by atoms with van der Waals surface area (Å²) in [4.78, 5) is 0. The SMILES string of the molecule is CCCNCCOc1c2ccccc2c(OCCNCCC)c2ccccc12. The van der Waals surface area contributed by atoms with E-state index in [1.54, 1.807) is 0 Å². The van der Waals surface area contributed by atoms with Gasteiger partial charge >= 0.3 is 0 Å². The highest BCUT2D eigenvalue weighted by atomic mass is 16.5. The number of fused-ring (bicyclic) bond motifs is 2. The van der Waals surface area contributed by atoms with E-state index in [1.807, 2.05) is 0 Å². The minimum Gasteiger partial charge on any atom is -0.491 e. The van der Waals surface area contributed by atoms with E-state index in [-0.39, 0.29) is 0 Å². The molecule has 2 N–H and O–H groups in total. The van der Waals surface area contributed by atoms with Crippen molar-refractivity contribution in [2.24, 2.45) is 0 Å². The summed E-state index contributed by atoms with van der Waals surface area (Å²) in [5, 5.41) is 11.2. The third-order valence-electron chi connectivity index (χ3n) is 4.74. The van der Waals surface area contributed by atoms with E-state index in [0.717, 1.165) is 72.1 Å². The van der Waals surface area contributed by atoms with Crippen LogP contribution in [0.15, 0.2) is 48.5 Å². The zero-order valence-corrected chi connectivity index (χ0v) is 17.1. The van der Waals surface area contributed by atoms with Crippen molar-refractivity contribution in [1.82, 2.24) is 10.6 Å². The van der Waals surface area contributed by atoms with Crippen LogP contribution in [-0.2, 0) is 0 Å². The van der Waals surface area contributed by atoms with Gasteiger partial charge in [0.1, 0.15) is 24.7 Å². The van der Waals surface area contributed by atoms with Gasteiger partial charge in [0, 0.05) is 34.6 Å². The largest absolute Gasteiger partial charge is 0.491 e. The molecule has 3 aromatic rings. The van der Waals surface area contributed by atoms with Crippen LogP contribution in [-0.4, -0.2) is 39.4 Å². The summed E-state index contributed by atoms with van der Waals surface area (Å²) in [6.07, 6.45) is 2.26. The molecule has 0 aromatic heterocycles. The molecule has 0 unspecified atom stereocenters. The van der Waals surface area contributed by atoms with E-state index in [0.29, 0.717) is 13.2 Å². The maximum absolute atomic E-state index is 6.26. The maximum atomic E-state index is 6.26. The normalized spacial score (nSPS) is 11.2. The third kappa shape index (κ3) is 4.94. The van der Waals surface area contributed by atoms with Crippen molar-refractivity contribution in [2.45, 2.75) is 26.7 Å². The lowest BCUT2D eigenvalue weighted by Gasteiger charge is -2.18. The molecule has 0 heterocycles. The van der Waals surface area contributed by atoms with Gasteiger partial charge in [-0.2, -0.15) is 0 Å². The smallest absolute Gasteiger partial charge is 0.135 e. The maximum Gasteiger partial charge on any atom is 0.135 e. The molecule has 0 radical (unpaired) electrons. The van der Waals surface area contributed by atoms with Crippen LogP contribution in [0.5, 0.6) is 11.5 Å². The predicted octanol–water partition coefficient (Wildman–Crippen LogP) is 4.75. The Balaban J connectivity index is 1.91. The van der Waals surface area contributed by atoms with Gasteiger partial charge < -0.3 is 20.1 Å². The van der Waals surface area contributed by atoms with E-state index in [1.165, 1.54) is 0 Å². The van der Waals surface area contributed by atoms with E-state index in [2.05, 4.69) is 73.0 Å². The molecule has 3 rings (SSSR count). The molecular weight excluding hydrogens is 348 g/mol. The van der Waals surface area contributed by atoms with E-state index < -0.39 is 0 Å². The summed E-state index contributed by atoms with van der Waals surface area (Å²) >= 11 is 0. The van der Waals surface area contributed by atoms with Crippen LogP contribution in [0.25, 0.3) is 21.5 Å². The first-order valence-electron chi connectivity index (χ1n) is 10.5. The zero-order chi connectivity index (χ0) is 19.6. The van der Waals surface area contributed by atoms with Crippen molar-refractivity contribution >= 4 is 21.5 Å². The second-order valence-corrected chi connectivity index (χ2v) is 6.95. The van der Waals surface area contributed by atoms with Crippen molar-refractivity contribution in [3.8, 4) is 11.5 Å². The molecule has 0 amide bonds. The Bertz CT molecular complexity index is 750. The van der Waals surface area contributed by atoms with Crippen molar-refractivity contribution < 1.29 is 9.47 Å². The first kappa shape index (κ1) is 20.4. The number of hydrogen-bond donors (Lipinski definition) is 2. The topological polar surface area (TPSA) is 42.5 Å². The van der Waals surface area contributed by atoms with Crippen molar-refractivity contribution in [3.05, 3.63) is 48.5 Å². The van der Waals surface area contributed by atoms with Gasteiger partial charge in [0.25, 0.3) is 0 Å². The first-order chi connectivity index (χ1) is 13.9. The Morgan fingerprint density at radius 3 is 1.25 bits per heavy atom. The molecule has 4 nitrogen and oxygen atoms in total. The van der Waals surface area contributed by atoms with Crippen molar-refractivity contribution in [3.63, 3.8) is 0 Å². The minimum atomic E-state index is 0.648. The molecule has 0 aliphatic carbocycles. The number of ether oxygens (including phenoxy) is 2. The van der Waals surface area contributed by atoms with E-state index in [4.69, 9.17) is 9.47 Å². The van der Waals surface area contributed by atoms with Gasteiger partial charge in [-0.3, -0.25) is 0 Å². The zero-order valence-electron chi connectivity index (χ0n) is 17.1. The van der Waals surface area contributed by atoms with Gasteiger partial charge in [0.15, 0.2) is 0 Å². The molecule has 4 heteroatoms. The molecule has 0 aliphatic rings. The number of hydrogen-bond acceptors (Lipinski definition) is 4. The van der Waals surface area contributed by atoms with Gasteiger partial charge in [-0.1, -0.05) is 62.4 Å². The summed E-state index contributed by atoms with van der Waals surface area (Å²) in [5.74, 6) is 1.89. The summed E-state index contributed by atoms with van der Waals surface area (Å²) < 4.78 is 12.5. The highest BCUT2D eigenvalue weighted by Gasteiger charge is 2.15. The second kappa shape index (κ2) is 10.9. The lowest BCUT2D eigenvalue weighted by Crippen LogP contribution is -2.22. The van der Waals surface area contributed by atoms with Crippen molar-refractivity contribution in [1.29, 1.82) is 0 Å². The van der Waals surface area contributed by atoms with Crippen LogP contribution >= 0.6 is 0 Å². The number of rotatable bonds is 12. The van der Waals surface area contributed by atoms with Gasteiger partial charge in [0.05, 0.1) is 0 Å². The average molecular weight is 381 g/mol. The Morgan fingerprint density at radius 2 is 0.929 bits per heavy atom. The lowest BCUT2D eigenvalue weighted by molar-refractivity contribution is 0.316. The number of benzene rings is 3. The molecule has 0 saturated heterocycles. The Labute approximate surface area is 168 Å². The number of nitrogens with one attached hydrogen (secondary N) is 2. The predicted molar refractivity (Wildman–Crippen MR) is 119 cm³/mol. The van der Waals surface area contributed by atoms with Gasteiger partial charge in [-0.15, -0.1) is 0 Å². The molecule has 0 saturated carbocycles. The standard InChI is InChI=1S/C24H32N2O2/c1-3-13-25-15-17-27-23-19-9-5-7-11-21(19)24(28-18-16-26-14-4-2)22-12-8-6-10-20(22)23/h5-12,25-26H,3-4,13-18H2,1-2H3. The lowest BCUT2D eigenvalue weighted by atomic mass is 10.0. The fourth-order valence-electron chi connectivity index (χ4n) is 3.41. The van der Waals surface area contributed by atoms with Crippen LogP contribution in [0, 0.1) is 0 Å². The fraction of sp³-hybridized carbons (Fsp3) is 0.417. The quantitative estimate of drug-likeness (QED) is 0.351. The van der Waals surface area contributed by atoms with Crippen LogP contribution in [0.4, 0.5) is 0 Å². The minimum absolute atomic E-state index is 0.648. The molecular formula is C24H32N2O2. The summed E-state index contributed by atoms with van der Waals surface area (Å²) in [7, 11) is 0.